The van der Waals surface area contributed by atoms with E-state index in [1.165, 1.54) is 0 Å². The first kappa shape index (κ1) is 15.7. The molecule has 0 aliphatic heterocycles. The third kappa shape index (κ3) is 3.62. The van der Waals surface area contributed by atoms with Crippen molar-refractivity contribution in [2.24, 2.45) is 5.92 Å². The van der Waals surface area contributed by atoms with Crippen LogP contribution in [0.5, 0.6) is 0 Å². The van der Waals surface area contributed by atoms with Gasteiger partial charge in [-0.2, -0.15) is 5.10 Å². The summed E-state index contributed by atoms with van der Waals surface area (Å²) in [5.41, 5.74) is 2.92. The molecule has 0 fully saturated rings. The van der Waals surface area contributed by atoms with E-state index in [2.05, 4.69) is 36.4 Å². The largest absolute Gasteiger partial charge is 0.381 e. The number of fused-ring (bicyclic) bond motifs is 3. The lowest BCUT2D eigenvalue weighted by molar-refractivity contribution is 0.110. The molecule has 0 bridgehead atoms. The average molecular weight is 312 g/mol. The molecule has 2 heterocycles. The van der Waals surface area contributed by atoms with E-state index in [1.807, 2.05) is 29.6 Å². The summed E-state index contributed by atoms with van der Waals surface area (Å²) in [5, 5.41) is 9.06. The monoisotopic (exact) mass is 312 g/mol. The molecule has 0 saturated carbocycles. The van der Waals surface area contributed by atoms with Crippen molar-refractivity contribution in [2.45, 2.75) is 27.2 Å². The number of hydrogen-bond acceptors (Lipinski definition) is 4. The van der Waals surface area contributed by atoms with Gasteiger partial charge in [-0.3, -0.25) is 0 Å². The molecule has 0 radical (unpaired) electrons. The van der Waals surface area contributed by atoms with Crippen LogP contribution in [0.2, 0.25) is 0 Å². The summed E-state index contributed by atoms with van der Waals surface area (Å²) in [4.78, 5) is 4.72. The van der Waals surface area contributed by atoms with Gasteiger partial charge < -0.3 is 10.1 Å². The first-order valence-corrected chi connectivity index (χ1v) is 8.22. The van der Waals surface area contributed by atoms with Gasteiger partial charge in [-0.15, -0.1) is 0 Å². The summed E-state index contributed by atoms with van der Waals surface area (Å²) in [6.45, 7) is 8.76. The summed E-state index contributed by atoms with van der Waals surface area (Å²) in [6, 6.07) is 10.2. The Morgan fingerprint density at radius 2 is 2.09 bits per heavy atom. The van der Waals surface area contributed by atoms with Crippen molar-refractivity contribution in [1.82, 2.24) is 14.6 Å². The van der Waals surface area contributed by atoms with Crippen LogP contribution in [0.1, 0.15) is 26.0 Å². The van der Waals surface area contributed by atoms with Gasteiger partial charge in [0.05, 0.1) is 11.2 Å². The zero-order valence-corrected chi connectivity index (χ0v) is 14.0. The maximum Gasteiger partial charge on any atom is 0.158 e. The Hall–Kier alpha value is -2.14. The van der Waals surface area contributed by atoms with Crippen molar-refractivity contribution in [2.75, 3.05) is 25.1 Å². The smallest absolute Gasteiger partial charge is 0.158 e. The molecule has 3 rings (SSSR count). The Morgan fingerprint density at radius 3 is 2.91 bits per heavy atom. The van der Waals surface area contributed by atoms with Crippen LogP contribution in [0.25, 0.3) is 16.6 Å². The van der Waals surface area contributed by atoms with Gasteiger partial charge in [-0.1, -0.05) is 26.0 Å². The van der Waals surface area contributed by atoms with Crippen LogP contribution < -0.4 is 5.32 Å². The highest BCUT2D eigenvalue weighted by Gasteiger charge is 2.09. The molecule has 1 aromatic carbocycles. The van der Waals surface area contributed by atoms with Gasteiger partial charge in [0.25, 0.3) is 0 Å². The van der Waals surface area contributed by atoms with Gasteiger partial charge in [0.2, 0.25) is 0 Å². The van der Waals surface area contributed by atoms with Crippen molar-refractivity contribution < 1.29 is 4.74 Å². The third-order valence-corrected chi connectivity index (χ3v) is 3.64. The molecular weight excluding hydrogens is 288 g/mol. The van der Waals surface area contributed by atoms with E-state index < -0.39 is 0 Å². The molecule has 3 aromatic rings. The number of hydrogen-bond donors (Lipinski definition) is 1. The zero-order chi connectivity index (χ0) is 16.2. The molecule has 0 unspecified atom stereocenters. The second-order valence-corrected chi connectivity index (χ2v) is 6.28. The molecule has 0 amide bonds. The van der Waals surface area contributed by atoms with Crippen LogP contribution in [0.15, 0.2) is 30.3 Å². The van der Waals surface area contributed by atoms with Gasteiger partial charge in [0, 0.05) is 31.2 Å². The Kier molecular flexibility index (Phi) is 4.76. The number of nitrogens with one attached hydrogen (secondary N) is 1. The van der Waals surface area contributed by atoms with Gasteiger partial charge in [-0.05, 0) is 31.4 Å². The van der Waals surface area contributed by atoms with Crippen LogP contribution in [0.4, 0.5) is 5.82 Å². The molecule has 0 spiro atoms. The van der Waals surface area contributed by atoms with Crippen LogP contribution in [0.3, 0.4) is 0 Å². The first-order chi connectivity index (χ1) is 11.1. The molecule has 2 aromatic heterocycles. The van der Waals surface area contributed by atoms with Crippen LogP contribution >= 0.6 is 0 Å². The Labute approximate surface area is 136 Å². The molecule has 0 aliphatic carbocycles. The number of rotatable bonds is 7. The maximum atomic E-state index is 5.62. The van der Waals surface area contributed by atoms with Crippen molar-refractivity contribution >= 4 is 22.4 Å². The lowest BCUT2D eigenvalue weighted by Gasteiger charge is -2.11. The molecule has 0 aliphatic rings. The summed E-state index contributed by atoms with van der Waals surface area (Å²) >= 11 is 0. The van der Waals surface area contributed by atoms with Gasteiger partial charge in [-0.25, -0.2) is 9.50 Å². The normalized spacial score (nSPS) is 11.7. The average Bonchev–Trinajstić information content (AvgIpc) is 2.91. The van der Waals surface area contributed by atoms with Crippen LogP contribution in [-0.2, 0) is 4.74 Å². The van der Waals surface area contributed by atoms with Crippen LogP contribution in [0, 0.1) is 12.8 Å². The molecule has 1 N–H and O–H groups in total. The molecule has 0 saturated heterocycles. The molecular formula is C18H24N4O. The minimum Gasteiger partial charge on any atom is -0.381 e. The number of nitrogens with zero attached hydrogens (tertiary/aromatic N) is 3. The molecule has 0 atom stereocenters. The topological polar surface area (TPSA) is 51.5 Å². The van der Waals surface area contributed by atoms with E-state index in [0.717, 1.165) is 54.2 Å². The predicted molar refractivity (Wildman–Crippen MR) is 94.0 cm³/mol. The highest BCUT2D eigenvalue weighted by molar-refractivity contribution is 5.91. The summed E-state index contributed by atoms with van der Waals surface area (Å²) in [6.07, 6.45) is 0.964. The number of ether oxygens (including phenoxy) is 1. The molecule has 5 nitrogen and oxygen atoms in total. The van der Waals surface area contributed by atoms with Gasteiger partial charge in [0.15, 0.2) is 5.65 Å². The van der Waals surface area contributed by atoms with Crippen molar-refractivity contribution in [3.8, 4) is 0 Å². The summed E-state index contributed by atoms with van der Waals surface area (Å²) in [7, 11) is 0. The van der Waals surface area contributed by atoms with Gasteiger partial charge >= 0.3 is 0 Å². The standard InChI is InChI=1S/C18H24N4O/c1-13(2)12-23-10-6-9-19-18-15-7-4-5-8-16(15)22-17(20-18)11-14(3)21-22/h4-5,7-8,11,13H,6,9-10,12H2,1-3H3,(H,19,20). The number of benzene rings is 1. The number of anilines is 1. The number of aryl methyl sites for hydroxylation is 1. The lowest BCUT2D eigenvalue weighted by atomic mass is 10.2. The number of para-hydroxylation sites is 1. The highest BCUT2D eigenvalue weighted by Crippen LogP contribution is 2.23. The van der Waals surface area contributed by atoms with Crippen LogP contribution in [-0.4, -0.2) is 34.4 Å². The van der Waals surface area contributed by atoms with E-state index in [-0.39, 0.29) is 0 Å². The lowest BCUT2D eigenvalue weighted by Crippen LogP contribution is -2.10. The predicted octanol–water partition coefficient (Wildman–Crippen LogP) is 3.67. The summed E-state index contributed by atoms with van der Waals surface area (Å²) in [5.74, 6) is 1.50. The fraction of sp³-hybridized carbons (Fsp3) is 0.444. The second-order valence-electron chi connectivity index (χ2n) is 6.28. The van der Waals surface area contributed by atoms with E-state index in [0.29, 0.717) is 5.92 Å². The highest BCUT2D eigenvalue weighted by atomic mass is 16.5. The minimum absolute atomic E-state index is 0.584. The Morgan fingerprint density at radius 1 is 1.26 bits per heavy atom. The zero-order valence-electron chi connectivity index (χ0n) is 14.0. The SMILES string of the molecule is Cc1cc2nc(NCCCOCC(C)C)c3ccccc3n2n1. The molecule has 23 heavy (non-hydrogen) atoms. The van der Waals surface area contributed by atoms with E-state index >= 15 is 0 Å². The third-order valence-electron chi connectivity index (χ3n) is 3.64. The minimum atomic E-state index is 0.584. The molecule has 5 heteroatoms. The Bertz CT molecular complexity index is 794. The van der Waals surface area contributed by atoms with E-state index in [4.69, 9.17) is 9.72 Å². The van der Waals surface area contributed by atoms with Crippen molar-refractivity contribution in [3.05, 3.63) is 36.0 Å². The fourth-order valence-electron chi connectivity index (χ4n) is 2.61. The first-order valence-electron chi connectivity index (χ1n) is 8.22. The van der Waals surface area contributed by atoms with Crippen molar-refractivity contribution in [1.29, 1.82) is 0 Å². The fourth-order valence-corrected chi connectivity index (χ4v) is 2.61. The quantitative estimate of drug-likeness (QED) is 0.676. The maximum absolute atomic E-state index is 5.62. The number of aromatic nitrogens is 3. The Balaban J connectivity index is 1.74. The van der Waals surface area contributed by atoms with Gasteiger partial charge in [0.1, 0.15) is 5.82 Å². The van der Waals surface area contributed by atoms with E-state index in [9.17, 15) is 0 Å². The second kappa shape index (κ2) is 6.96. The van der Waals surface area contributed by atoms with Crippen molar-refractivity contribution in [3.63, 3.8) is 0 Å². The van der Waals surface area contributed by atoms with E-state index in [1.54, 1.807) is 0 Å². The summed E-state index contributed by atoms with van der Waals surface area (Å²) < 4.78 is 7.52. The molecule has 122 valence electrons.